The number of ether oxygens (including phenoxy) is 1. The van der Waals surface area contributed by atoms with E-state index in [4.69, 9.17) is 10.00 Å². The molecule has 2 rings (SSSR count). The highest BCUT2D eigenvalue weighted by atomic mass is 16.5. The molecule has 1 aliphatic heterocycles. The fourth-order valence-corrected chi connectivity index (χ4v) is 2.02. The van der Waals surface area contributed by atoms with Gasteiger partial charge in [-0.2, -0.15) is 5.26 Å². The zero-order valence-electron chi connectivity index (χ0n) is 10.4. The molecule has 1 fully saturated rings. The van der Waals surface area contributed by atoms with Gasteiger partial charge in [0, 0.05) is 13.1 Å². The molecule has 1 aliphatic rings. The van der Waals surface area contributed by atoms with Crippen LogP contribution in [0.1, 0.15) is 18.2 Å². The summed E-state index contributed by atoms with van der Waals surface area (Å²) < 4.78 is 5.30. The van der Waals surface area contributed by atoms with E-state index in [0.29, 0.717) is 0 Å². The number of morpholine rings is 1. The summed E-state index contributed by atoms with van der Waals surface area (Å²) in [5.74, 6) is 0. The van der Waals surface area contributed by atoms with Crippen molar-refractivity contribution in [2.45, 2.75) is 12.5 Å². The molecule has 1 saturated heterocycles. The van der Waals surface area contributed by atoms with Gasteiger partial charge in [-0.3, -0.25) is 10.2 Å². The minimum atomic E-state index is -0.294. The largest absolute Gasteiger partial charge is 0.379 e. The van der Waals surface area contributed by atoms with Gasteiger partial charge in [-0.25, -0.2) is 4.98 Å². The molecule has 0 aliphatic carbocycles. The third-order valence-corrected chi connectivity index (χ3v) is 3.06. The molecule has 0 amide bonds. The Bertz CT molecular complexity index is 366. The summed E-state index contributed by atoms with van der Waals surface area (Å²) in [5, 5.41) is 12.3. The molecule has 6 nitrogen and oxygen atoms in total. The number of hydrogen-bond acceptors (Lipinski definition) is 5. The van der Waals surface area contributed by atoms with Gasteiger partial charge < -0.3 is 9.72 Å². The monoisotopic (exact) mass is 249 g/mol. The quantitative estimate of drug-likeness (QED) is 0.708. The third-order valence-electron chi connectivity index (χ3n) is 3.06. The highest BCUT2D eigenvalue weighted by Crippen LogP contribution is 2.06. The number of hydrogen-bond donors (Lipinski definition) is 2. The average Bonchev–Trinajstić information content (AvgIpc) is 2.94. The number of rotatable bonds is 6. The summed E-state index contributed by atoms with van der Waals surface area (Å²) in [6.07, 6.45) is 4.31. The second kappa shape index (κ2) is 7.11. The maximum atomic E-state index is 9.06. The van der Waals surface area contributed by atoms with Crippen molar-refractivity contribution in [3.8, 4) is 6.07 Å². The van der Waals surface area contributed by atoms with Crippen molar-refractivity contribution in [1.29, 1.82) is 5.26 Å². The maximum Gasteiger partial charge on any atom is 0.137 e. The van der Waals surface area contributed by atoms with E-state index in [2.05, 4.69) is 26.3 Å². The van der Waals surface area contributed by atoms with Crippen LogP contribution in [0.25, 0.3) is 0 Å². The molecule has 2 N–H and O–H groups in total. The maximum absolute atomic E-state index is 9.06. The number of nitrogens with one attached hydrogen (secondary N) is 2. The van der Waals surface area contributed by atoms with E-state index >= 15 is 0 Å². The molecule has 2 heterocycles. The Morgan fingerprint density at radius 3 is 3.06 bits per heavy atom. The fourth-order valence-electron chi connectivity index (χ4n) is 2.02. The van der Waals surface area contributed by atoms with E-state index < -0.39 is 0 Å². The first-order chi connectivity index (χ1) is 8.90. The Morgan fingerprint density at radius 1 is 1.56 bits per heavy atom. The van der Waals surface area contributed by atoms with Gasteiger partial charge in [-0.1, -0.05) is 0 Å². The summed E-state index contributed by atoms with van der Waals surface area (Å²) in [6.45, 7) is 5.58. The van der Waals surface area contributed by atoms with E-state index in [0.717, 1.165) is 51.5 Å². The Kier molecular flexibility index (Phi) is 5.15. The van der Waals surface area contributed by atoms with Crippen LogP contribution in [0.5, 0.6) is 0 Å². The number of nitriles is 1. The second-order valence-corrected chi connectivity index (χ2v) is 4.33. The van der Waals surface area contributed by atoms with Gasteiger partial charge >= 0.3 is 0 Å². The number of imidazole rings is 1. The van der Waals surface area contributed by atoms with E-state index in [1.807, 2.05) is 0 Å². The average molecular weight is 249 g/mol. The fraction of sp³-hybridized carbons (Fsp3) is 0.667. The van der Waals surface area contributed by atoms with Gasteiger partial charge in [0.05, 0.1) is 37.5 Å². The molecular formula is C12H19N5O. The van der Waals surface area contributed by atoms with Crippen LogP contribution in [0.3, 0.4) is 0 Å². The molecule has 0 radical (unpaired) electrons. The lowest BCUT2D eigenvalue weighted by Gasteiger charge is -2.26. The molecule has 1 unspecified atom stereocenters. The van der Waals surface area contributed by atoms with E-state index in [1.54, 1.807) is 12.5 Å². The van der Waals surface area contributed by atoms with Crippen molar-refractivity contribution in [3.05, 3.63) is 18.2 Å². The van der Waals surface area contributed by atoms with Crippen LogP contribution in [0, 0.1) is 11.3 Å². The standard InChI is InChI=1S/C12H19N5O/c13-8-11(12-9-14-10-16-12)15-2-1-3-17-4-6-18-7-5-17/h9-11,15H,1-7H2,(H,14,16). The molecule has 0 saturated carbocycles. The van der Waals surface area contributed by atoms with Crippen molar-refractivity contribution >= 4 is 0 Å². The van der Waals surface area contributed by atoms with Gasteiger partial charge in [0.2, 0.25) is 0 Å². The lowest BCUT2D eigenvalue weighted by molar-refractivity contribution is 0.0374. The van der Waals surface area contributed by atoms with Crippen LogP contribution < -0.4 is 5.32 Å². The van der Waals surface area contributed by atoms with E-state index in [9.17, 15) is 0 Å². The summed E-state index contributed by atoms with van der Waals surface area (Å²) in [6, 6.07) is 1.93. The predicted octanol–water partition coefficient (Wildman–Crippen LogP) is 0.286. The van der Waals surface area contributed by atoms with Crippen molar-refractivity contribution in [2.75, 3.05) is 39.4 Å². The van der Waals surface area contributed by atoms with Gasteiger partial charge in [0.15, 0.2) is 0 Å². The lowest BCUT2D eigenvalue weighted by Crippen LogP contribution is -2.37. The predicted molar refractivity (Wildman–Crippen MR) is 66.8 cm³/mol. The normalized spacial score (nSPS) is 18.4. The smallest absolute Gasteiger partial charge is 0.137 e. The van der Waals surface area contributed by atoms with E-state index in [-0.39, 0.29) is 6.04 Å². The molecule has 1 aromatic rings. The molecular weight excluding hydrogens is 230 g/mol. The Balaban J connectivity index is 1.63. The van der Waals surface area contributed by atoms with Gasteiger partial charge in [-0.15, -0.1) is 0 Å². The van der Waals surface area contributed by atoms with Crippen LogP contribution in [-0.4, -0.2) is 54.3 Å². The minimum Gasteiger partial charge on any atom is -0.379 e. The summed E-state index contributed by atoms with van der Waals surface area (Å²) in [7, 11) is 0. The van der Waals surface area contributed by atoms with Gasteiger partial charge in [0.1, 0.15) is 6.04 Å². The summed E-state index contributed by atoms with van der Waals surface area (Å²) in [4.78, 5) is 9.27. The van der Waals surface area contributed by atoms with Crippen LogP contribution in [0.15, 0.2) is 12.5 Å². The summed E-state index contributed by atoms with van der Waals surface area (Å²) >= 11 is 0. The van der Waals surface area contributed by atoms with Crippen molar-refractivity contribution in [2.24, 2.45) is 0 Å². The summed E-state index contributed by atoms with van der Waals surface area (Å²) in [5.41, 5.74) is 0.823. The van der Waals surface area contributed by atoms with E-state index in [1.165, 1.54) is 0 Å². The zero-order valence-corrected chi connectivity index (χ0v) is 10.4. The zero-order chi connectivity index (χ0) is 12.6. The first-order valence-electron chi connectivity index (χ1n) is 6.31. The molecule has 1 atom stereocenters. The van der Waals surface area contributed by atoms with Gasteiger partial charge in [-0.05, 0) is 19.5 Å². The Hall–Kier alpha value is -1.42. The molecule has 6 heteroatoms. The SMILES string of the molecule is N#CC(NCCCN1CCOCC1)c1cnc[nH]1. The van der Waals surface area contributed by atoms with Crippen LogP contribution >= 0.6 is 0 Å². The molecule has 1 aromatic heterocycles. The number of nitrogens with zero attached hydrogens (tertiary/aromatic N) is 3. The Morgan fingerprint density at radius 2 is 2.39 bits per heavy atom. The van der Waals surface area contributed by atoms with Crippen molar-refractivity contribution < 1.29 is 4.74 Å². The molecule has 0 aromatic carbocycles. The second-order valence-electron chi connectivity index (χ2n) is 4.33. The van der Waals surface area contributed by atoms with Crippen LogP contribution in [0.2, 0.25) is 0 Å². The number of aromatic amines is 1. The van der Waals surface area contributed by atoms with Crippen LogP contribution in [-0.2, 0) is 4.74 Å². The van der Waals surface area contributed by atoms with Crippen molar-refractivity contribution in [3.63, 3.8) is 0 Å². The lowest BCUT2D eigenvalue weighted by atomic mass is 10.2. The van der Waals surface area contributed by atoms with Gasteiger partial charge in [0.25, 0.3) is 0 Å². The molecule has 0 bridgehead atoms. The highest BCUT2D eigenvalue weighted by molar-refractivity contribution is 5.11. The highest BCUT2D eigenvalue weighted by Gasteiger charge is 2.12. The minimum absolute atomic E-state index is 0.294. The first-order valence-corrected chi connectivity index (χ1v) is 6.31. The molecule has 98 valence electrons. The van der Waals surface area contributed by atoms with Crippen molar-refractivity contribution in [1.82, 2.24) is 20.2 Å². The first kappa shape index (κ1) is 13.0. The number of H-pyrrole nitrogens is 1. The third kappa shape index (κ3) is 3.81. The Labute approximate surface area is 107 Å². The van der Waals surface area contributed by atoms with Crippen LogP contribution in [0.4, 0.5) is 0 Å². The topological polar surface area (TPSA) is 77.0 Å². The molecule has 0 spiro atoms. The molecule has 18 heavy (non-hydrogen) atoms. The number of aromatic nitrogens is 2.